The summed E-state index contributed by atoms with van der Waals surface area (Å²) >= 11 is 0. The third-order valence-electron chi connectivity index (χ3n) is 7.10. The molecular weight excluding hydrogens is 774 g/mol. The van der Waals surface area contributed by atoms with E-state index in [0.717, 1.165) is 0 Å². The first-order valence-corrected chi connectivity index (χ1v) is 16.8. The molecule has 0 amide bonds. The molecular formula is C36H54Al2O18. The van der Waals surface area contributed by atoms with Crippen LogP contribution in [-0.4, -0.2) is 105 Å². The van der Waals surface area contributed by atoms with Crippen molar-refractivity contribution in [3.8, 4) is 0 Å². The van der Waals surface area contributed by atoms with Crippen molar-refractivity contribution in [2.75, 3.05) is 0 Å². The van der Waals surface area contributed by atoms with Gasteiger partial charge in [0.1, 0.15) is 34.7 Å². The molecule has 0 bridgehead atoms. The summed E-state index contributed by atoms with van der Waals surface area (Å²) < 4.78 is 0. The zero-order valence-electron chi connectivity index (χ0n) is 34.2. The Kier molecular flexibility index (Phi) is 50.5. The van der Waals surface area contributed by atoms with Crippen LogP contribution in [0.1, 0.15) is 122 Å². The fraction of sp³-hybridized carbons (Fsp3) is 0.667. The SMILES string of the molecule is CCC(C(C)=O)C(=O)[O-].CCC(C(C)=O)C(=O)[O-].CCC(C(C)=O)C(=O)[O-].CCC(C(C)=O)C(=O)[O-].CCC(C(C)=O)C(=O)[O-].CCC(C(C)=O)C(=O)[O-].[Al+3].[Al+3]. The second kappa shape index (κ2) is 40.6. The van der Waals surface area contributed by atoms with Gasteiger partial charge in [-0.3, -0.25) is 28.8 Å². The van der Waals surface area contributed by atoms with Crippen LogP contribution >= 0.6 is 0 Å². The molecule has 6 unspecified atom stereocenters. The zero-order chi connectivity index (χ0) is 44.6. The minimum Gasteiger partial charge on any atom is -0.549 e. The van der Waals surface area contributed by atoms with Gasteiger partial charge in [0.15, 0.2) is 0 Å². The first-order valence-electron chi connectivity index (χ1n) is 16.8. The number of carbonyl (C=O) groups is 12. The minimum atomic E-state index is -1.27. The summed E-state index contributed by atoms with van der Waals surface area (Å²) in [7, 11) is 0. The van der Waals surface area contributed by atoms with Crippen LogP contribution in [0.15, 0.2) is 0 Å². The molecule has 0 aromatic rings. The van der Waals surface area contributed by atoms with Crippen molar-refractivity contribution in [3.63, 3.8) is 0 Å². The number of aliphatic carboxylic acids is 6. The Hall–Kier alpha value is -4.10. The van der Waals surface area contributed by atoms with E-state index in [-0.39, 0.29) is 69.4 Å². The summed E-state index contributed by atoms with van der Waals surface area (Å²) in [4.78, 5) is 123. The number of carboxylic acid groups (broad SMARTS) is 6. The third kappa shape index (κ3) is 38.2. The quantitative estimate of drug-likeness (QED) is 0.0926. The van der Waals surface area contributed by atoms with Crippen LogP contribution in [-0.2, 0) is 57.5 Å². The second-order valence-electron chi connectivity index (χ2n) is 11.3. The van der Waals surface area contributed by atoms with Gasteiger partial charge in [-0.1, -0.05) is 41.5 Å². The molecule has 312 valence electrons. The number of Topliss-reactive ketones (excluding diaryl/α,β-unsaturated/α-hetero) is 6. The van der Waals surface area contributed by atoms with E-state index in [0.29, 0.717) is 38.5 Å². The molecule has 0 aliphatic heterocycles. The van der Waals surface area contributed by atoms with Gasteiger partial charge in [-0.15, -0.1) is 0 Å². The Bertz CT molecular complexity index is 946. The van der Waals surface area contributed by atoms with Gasteiger partial charge in [0.2, 0.25) is 0 Å². The normalized spacial score (nSPS) is 12.2. The molecule has 0 aromatic carbocycles. The average molecular weight is 829 g/mol. The first-order chi connectivity index (χ1) is 24.5. The van der Waals surface area contributed by atoms with Crippen molar-refractivity contribution in [3.05, 3.63) is 0 Å². The van der Waals surface area contributed by atoms with Crippen molar-refractivity contribution in [2.45, 2.75) is 122 Å². The molecule has 0 fully saturated rings. The van der Waals surface area contributed by atoms with E-state index in [1.807, 2.05) is 0 Å². The molecule has 0 spiro atoms. The van der Waals surface area contributed by atoms with E-state index in [2.05, 4.69) is 0 Å². The maximum atomic E-state index is 10.4. The van der Waals surface area contributed by atoms with Gasteiger partial charge < -0.3 is 59.4 Å². The predicted molar refractivity (Wildman–Crippen MR) is 188 cm³/mol. The largest absolute Gasteiger partial charge is 3.00 e. The molecule has 0 rings (SSSR count). The average Bonchev–Trinajstić information content (AvgIpc) is 2.98. The van der Waals surface area contributed by atoms with Crippen LogP contribution in [0.25, 0.3) is 0 Å². The molecule has 0 aromatic heterocycles. The first kappa shape index (κ1) is 69.8. The molecule has 6 atom stereocenters. The van der Waals surface area contributed by atoms with E-state index < -0.39 is 71.3 Å². The molecule has 0 radical (unpaired) electrons. The minimum absolute atomic E-state index is 0. The maximum absolute atomic E-state index is 10.4. The van der Waals surface area contributed by atoms with Crippen LogP contribution in [0.2, 0.25) is 0 Å². The van der Waals surface area contributed by atoms with E-state index in [9.17, 15) is 88.2 Å². The van der Waals surface area contributed by atoms with E-state index in [4.69, 9.17) is 0 Å². The number of ketones is 6. The molecule has 0 N–H and O–H groups in total. The third-order valence-corrected chi connectivity index (χ3v) is 7.10. The van der Waals surface area contributed by atoms with E-state index >= 15 is 0 Å². The Morgan fingerprint density at radius 3 is 0.339 bits per heavy atom. The molecule has 18 nitrogen and oxygen atoms in total. The monoisotopic (exact) mass is 828 g/mol. The van der Waals surface area contributed by atoms with Crippen LogP contribution < -0.4 is 30.6 Å². The van der Waals surface area contributed by atoms with Crippen LogP contribution in [0.5, 0.6) is 0 Å². The van der Waals surface area contributed by atoms with E-state index in [1.165, 1.54) is 41.5 Å². The fourth-order valence-electron chi connectivity index (χ4n) is 3.72. The van der Waals surface area contributed by atoms with Crippen molar-refractivity contribution in [2.24, 2.45) is 35.5 Å². The number of carbonyl (C=O) groups excluding carboxylic acids is 12. The zero-order valence-corrected chi connectivity index (χ0v) is 36.5. The molecule has 0 heterocycles. The summed E-state index contributed by atoms with van der Waals surface area (Å²) in [6, 6.07) is 0. The number of rotatable bonds is 18. The van der Waals surface area contributed by atoms with Gasteiger partial charge in [-0.2, -0.15) is 0 Å². The molecule has 0 saturated carbocycles. The Labute approximate surface area is 349 Å². The van der Waals surface area contributed by atoms with Crippen LogP contribution in [0, 0.1) is 35.5 Å². The maximum Gasteiger partial charge on any atom is 3.00 e. The van der Waals surface area contributed by atoms with Crippen LogP contribution in [0.4, 0.5) is 0 Å². The second-order valence-corrected chi connectivity index (χ2v) is 11.3. The van der Waals surface area contributed by atoms with Gasteiger partial charge in [-0.05, 0) is 80.1 Å². The van der Waals surface area contributed by atoms with Gasteiger partial charge in [0.05, 0.1) is 71.3 Å². The predicted octanol–water partition coefficient (Wildman–Crippen LogP) is -4.65. The van der Waals surface area contributed by atoms with Gasteiger partial charge in [-0.25, -0.2) is 0 Å². The standard InChI is InChI=1S/6C6H10O3.2Al/c6*1-3-5(4(2)7)6(8)9;;/h6*5H,3H2,1-2H3,(H,8,9);;/q;;;;;;2*+3/p-6. The summed E-state index contributed by atoms with van der Waals surface area (Å²) in [5, 5.41) is 60.2. The van der Waals surface area contributed by atoms with Gasteiger partial charge >= 0.3 is 34.7 Å². The Balaban J connectivity index is -0.0000000817. The Morgan fingerprint density at radius 1 is 0.268 bits per heavy atom. The van der Waals surface area contributed by atoms with Crippen molar-refractivity contribution >= 4 is 105 Å². The molecule has 0 saturated heterocycles. The van der Waals surface area contributed by atoms with E-state index in [1.54, 1.807) is 41.5 Å². The summed E-state index contributed by atoms with van der Waals surface area (Å²) in [6.07, 6.45) is 1.90. The van der Waals surface area contributed by atoms with Gasteiger partial charge in [0.25, 0.3) is 0 Å². The summed E-state index contributed by atoms with van der Waals surface area (Å²) in [5.41, 5.74) is 0. The number of hydrogen-bond donors (Lipinski definition) is 0. The summed E-state index contributed by atoms with van der Waals surface area (Å²) in [5.74, 6) is -15.1. The molecule has 56 heavy (non-hydrogen) atoms. The van der Waals surface area contributed by atoms with Crippen molar-refractivity contribution < 1.29 is 88.2 Å². The smallest absolute Gasteiger partial charge is 0.549 e. The molecule has 0 aliphatic carbocycles. The molecule has 20 heteroatoms. The number of carboxylic acids is 6. The number of hydrogen-bond acceptors (Lipinski definition) is 18. The fourth-order valence-corrected chi connectivity index (χ4v) is 3.72. The summed E-state index contributed by atoms with van der Waals surface area (Å²) in [6.45, 7) is 17.4. The molecule has 0 aliphatic rings. The van der Waals surface area contributed by atoms with Gasteiger partial charge in [0, 0.05) is 0 Å². The topological polar surface area (TPSA) is 343 Å². The van der Waals surface area contributed by atoms with Crippen LogP contribution in [0.3, 0.4) is 0 Å². The Morgan fingerprint density at radius 2 is 0.339 bits per heavy atom. The van der Waals surface area contributed by atoms with Crippen molar-refractivity contribution in [1.82, 2.24) is 0 Å². The van der Waals surface area contributed by atoms with Crippen molar-refractivity contribution in [1.29, 1.82) is 0 Å².